The van der Waals surface area contributed by atoms with Gasteiger partial charge < -0.3 is 4.90 Å². The lowest BCUT2D eigenvalue weighted by atomic mass is 10.2. The molecule has 1 aliphatic carbocycles. The molecule has 0 bridgehead atoms. The fraction of sp³-hybridized carbons (Fsp3) is 0.632. The molecule has 1 saturated heterocycles. The Balaban J connectivity index is 1.32. The first kappa shape index (κ1) is 21.4. The predicted molar refractivity (Wildman–Crippen MR) is 107 cm³/mol. The molecule has 0 spiro atoms. The first-order valence-corrected chi connectivity index (χ1v) is 10.8. The molecule has 30 heavy (non-hydrogen) atoms. The SMILES string of the molecule is Cn1cc(CN2CCN(C(=O)CCn3nc(C(F)(F)F)c(Br)c3C3CC3)CC2)cn1. The normalized spacial score (nSPS) is 18.2. The van der Waals surface area contributed by atoms with Crippen molar-refractivity contribution in [2.24, 2.45) is 7.05 Å². The van der Waals surface area contributed by atoms with E-state index in [9.17, 15) is 18.0 Å². The van der Waals surface area contributed by atoms with E-state index in [1.165, 1.54) is 4.68 Å². The average molecular weight is 489 g/mol. The van der Waals surface area contributed by atoms with E-state index in [0.29, 0.717) is 18.8 Å². The summed E-state index contributed by atoms with van der Waals surface area (Å²) < 4.78 is 42.8. The van der Waals surface area contributed by atoms with Gasteiger partial charge >= 0.3 is 6.18 Å². The van der Waals surface area contributed by atoms with E-state index in [-0.39, 0.29) is 29.3 Å². The van der Waals surface area contributed by atoms with Crippen LogP contribution in [0.25, 0.3) is 0 Å². The van der Waals surface area contributed by atoms with Gasteiger partial charge in [0.25, 0.3) is 0 Å². The number of piperazine rings is 1. The summed E-state index contributed by atoms with van der Waals surface area (Å²) in [5.41, 5.74) is 0.798. The van der Waals surface area contributed by atoms with Gasteiger partial charge in [0.2, 0.25) is 5.91 Å². The first-order valence-electron chi connectivity index (χ1n) is 10.0. The van der Waals surface area contributed by atoms with Crippen molar-refractivity contribution in [1.82, 2.24) is 29.4 Å². The third-order valence-corrected chi connectivity index (χ3v) is 6.37. The number of aryl methyl sites for hydroxylation is 2. The van der Waals surface area contributed by atoms with Crippen molar-refractivity contribution in [3.05, 3.63) is 33.8 Å². The number of aromatic nitrogens is 4. The lowest BCUT2D eigenvalue weighted by molar-refractivity contribution is -0.142. The van der Waals surface area contributed by atoms with Crippen LogP contribution >= 0.6 is 15.9 Å². The maximum absolute atomic E-state index is 13.2. The molecule has 0 aromatic carbocycles. The van der Waals surface area contributed by atoms with Gasteiger partial charge in [-0.05, 0) is 28.8 Å². The van der Waals surface area contributed by atoms with Crippen LogP contribution in [0.2, 0.25) is 0 Å². The smallest absolute Gasteiger partial charge is 0.340 e. The number of hydrogen-bond donors (Lipinski definition) is 0. The van der Waals surface area contributed by atoms with Gasteiger partial charge in [-0.3, -0.25) is 19.1 Å². The zero-order valence-electron chi connectivity index (χ0n) is 16.7. The lowest BCUT2D eigenvalue weighted by Crippen LogP contribution is -2.48. The molecule has 2 aromatic heterocycles. The van der Waals surface area contributed by atoms with Gasteiger partial charge in [-0.15, -0.1) is 0 Å². The number of halogens is 4. The van der Waals surface area contributed by atoms with Crippen LogP contribution in [0.3, 0.4) is 0 Å². The summed E-state index contributed by atoms with van der Waals surface area (Å²) in [7, 11) is 1.88. The minimum atomic E-state index is -4.51. The third kappa shape index (κ3) is 4.72. The number of alkyl halides is 3. The molecule has 0 N–H and O–H groups in total. The molecule has 1 aliphatic heterocycles. The zero-order valence-corrected chi connectivity index (χ0v) is 18.3. The summed E-state index contributed by atoms with van der Waals surface area (Å²) in [6.45, 7) is 3.72. The van der Waals surface area contributed by atoms with Crippen molar-refractivity contribution in [3.63, 3.8) is 0 Å². The Morgan fingerprint density at radius 1 is 1.23 bits per heavy atom. The Morgan fingerprint density at radius 3 is 2.50 bits per heavy atom. The molecule has 1 amide bonds. The standard InChI is InChI=1S/C19H24BrF3N6O/c1-26-11-13(10-24-26)12-27-6-8-28(9-7-27)15(30)4-5-29-17(14-2-3-14)16(20)18(25-29)19(21,22)23/h10-11,14H,2-9,12H2,1H3. The fourth-order valence-corrected chi connectivity index (χ4v) is 4.71. The molecular weight excluding hydrogens is 465 g/mol. The van der Waals surface area contributed by atoms with Gasteiger partial charge in [0, 0.05) is 63.9 Å². The largest absolute Gasteiger partial charge is 0.436 e. The maximum atomic E-state index is 13.2. The van der Waals surface area contributed by atoms with Crippen molar-refractivity contribution in [1.29, 1.82) is 0 Å². The number of amides is 1. The van der Waals surface area contributed by atoms with Crippen molar-refractivity contribution < 1.29 is 18.0 Å². The van der Waals surface area contributed by atoms with Crippen molar-refractivity contribution in [3.8, 4) is 0 Å². The van der Waals surface area contributed by atoms with E-state index in [2.05, 4.69) is 31.0 Å². The highest BCUT2D eigenvalue weighted by atomic mass is 79.9. The van der Waals surface area contributed by atoms with Gasteiger partial charge in [0.1, 0.15) is 0 Å². The summed E-state index contributed by atoms with van der Waals surface area (Å²) in [6.07, 6.45) is 1.16. The number of carbonyl (C=O) groups is 1. The Morgan fingerprint density at radius 2 is 1.93 bits per heavy atom. The fourth-order valence-electron chi connectivity index (χ4n) is 3.88. The van der Waals surface area contributed by atoms with Crippen LogP contribution in [0.15, 0.2) is 16.9 Å². The predicted octanol–water partition coefficient (Wildman–Crippen LogP) is 3.01. The quantitative estimate of drug-likeness (QED) is 0.626. The second-order valence-corrected chi connectivity index (χ2v) is 8.77. The average Bonchev–Trinajstić information content (AvgIpc) is 3.35. The van der Waals surface area contributed by atoms with E-state index in [1.807, 2.05) is 19.4 Å². The lowest BCUT2D eigenvalue weighted by Gasteiger charge is -2.34. The highest BCUT2D eigenvalue weighted by Gasteiger charge is 2.41. The molecule has 0 unspecified atom stereocenters. The molecule has 4 rings (SSSR count). The van der Waals surface area contributed by atoms with Crippen molar-refractivity contribution in [2.45, 2.75) is 44.4 Å². The van der Waals surface area contributed by atoms with E-state index >= 15 is 0 Å². The molecule has 2 aromatic rings. The molecule has 0 atom stereocenters. The summed E-state index contributed by atoms with van der Waals surface area (Å²) in [5.74, 6) is 0.0482. The van der Waals surface area contributed by atoms with Gasteiger partial charge in [-0.2, -0.15) is 23.4 Å². The summed E-state index contributed by atoms with van der Waals surface area (Å²) >= 11 is 3.09. The topological polar surface area (TPSA) is 59.2 Å². The van der Waals surface area contributed by atoms with Gasteiger partial charge in [0.05, 0.1) is 22.9 Å². The minimum absolute atomic E-state index is 0.0222. The van der Waals surface area contributed by atoms with Crippen LogP contribution in [0, 0.1) is 0 Å². The Kier molecular flexibility index (Phi) is 5.93. The minimum Gasteiger partial charge on any atom is -0.340 e. The Bertz CT molecular complexity index is 912. The summed E-state index contributed by atoms with van der Waals surface area (Å²) in [5, 5.41) is 7.95. The molecule has 164 valence electrons. The highest BCUT2D eigenvalue weighted by Crippen LogP contribution is 2.47. The van der Waals surface area contributed by atoms with Gasteiger partial charge in [-0.1, -0.05) is 0 Å². The third-order valence-electron chi connectivity index (χ3n) is 5.59. The maximum Gasteiger partial charge on any atom is 0.436 e. The van der Waals surface area contributed by atoms with E-state index in [1.54, 1.807) is 9.58 Å². The molecule has 1 saturated carbocycles. The second kappa shape index (κ2) is 8.33. The van der Waals surface area contributed by atoms with Crippen molar-refractivity contribution in [2.75, 3.05) is 26.2 Å². The van der Waals surface area contributed by atoms with E-state index in [4.69, 9.17) is 0 Å². The summed E-state index contributed by atoms with van der Waals surface area (Å²) in [6, 6.07) is 0. The molecule has 2 fully saturated rings. The molecule has 2 aliphatic rings. The van der Waals surface area contributed by atoms with E-state index < -0.39 is 11.9 Å². The second-order valence-electron chi connectivity index (χ2n) is 7.97. The van der Waals surface area contributed by atoms with Crippen LogP contribution in [-0.2, 0) is 31.1 Å². The van der Waals surface area contributed by atoms with Gasteiger partial charge in [-0.25, -0.2) is 0 Å². The molecule has 11 heteroatoms. The molecular formula is C19H24BrF3N6O. The van der Waals surface area contributed by atoms with Crippen LogP contribution in [0.5, 0.6) is 0 Å². The highest BCUT2D eigenvalue weighted by molar-refractivity contribution is 9.10. The van der Waals surface area contributed by atoms with Crippen LogP contribution < -0.4 is 0 Å². The van der Waals surface area contributed by atoms with Crippen LogP contribution in [-0.4, -0.2) is 61.4 Å². The van der Waals surface area contributed by atoms with Crippen LogP contribution in [0.1, 0.15) is 42.1 Å². The van der Waals surface area contributed by atoms with Crippen LogP contribution in [0.4, 0.5) is 13.2 Å². The Hall–Kier alpha value is -1.88. The van der Waals surface area contributed by atoms with Gasteiger partial charge in [0.15, 0.2) is 5.69 Å². The molecule has 7 nitrogen and oxygen atoms in total. The monoisotopic (exact) mass is 488 g/mol. The number of hydrogen-bond acceptors (Lipinski definition) is 4. The van der Waals surface area contributed by atoms with E-state index in [0.717, 1.165) is 38.0 Å². The first-order chi connectivity index (χ1) is 14.2. The van der Waals surface area contributed by atoms with Crippen molar-refractivity contribution >= 4 is 21.8 Å². The molecule has 0 radical (unpaired) electrons. The number of rotatable bonds is 6. The number of nitrogens with zero attached hydrogens (tertiary/aromatic N) is 6. The molecule has 3 heterocycles. The zero-order chi connectivity index (χ0) is 21.5. The Labute approximate surface area is 180 Å². The summed E-state index contributed by atoms with van der Waals surface area (Å²) in [4.78, 5) is 16.7. The number of carbonyl (C=O) groups excluding carboxylic acids is 1.